The molecule has 3 aromatic rings. The zero-order chi connectivity index (χ0) is 15.0. The zero-order valence-electron chi connectivity index (χ0n) is 11.7. The van der Waals surface area contributed by atoms with Crippen LogP contribution < -0.4 is 0 Å². The molecule has 0 amide bonds. The summed E-state index contributed by atoms with van der Waals surface area (Å²) in [5.41, 5.74) is 1.52. The molecule has 3 aromatic heterocycles. The molecule has 0 saturated heterocycles. The molecule has 21 heavy (non-hydrogen) atoms. The fourth-order valence-corrected chi connectivity index (χ4v) is 3.99. The van der Waals surface area contributed by atoms with E-state index < -0.39 is 0 Å². The monoisotopic (exact) mass is 313 g/mol. The molecule has 0 N–H and O–H groups in total. The molecule has 0 atom stereocenters. The number of hydrogen-bond donors (Lipinski definition) is 0. The van der Waals surface area contributed by atoms with Crippen LogP contribution in [-0.4, -0.2) is 19.9 Å². The van der Waals surface area contributed by atoms with Crippen molar-refractivity contribution in [2.45, 2.75) is 30.8 Å². The molecule has 3 rings (SSSR count). The van der Waals surface area contributed by atoms with Crippen molar-refractivity contribution in [2.24, 2.45) is 0 Å². The second-order valence-electron chi connectivity index (χ2n) is 4.49. The minimum Gasteiger partial charge on any atom is -0.245 e. The smallest absolute Gasteiger partial charge is 0.158 e. The Morgan fingerprint density at radius 3 is 2.62 bits per heavy atom. The fraction of sp³-hybridized carbons (Fsp3) is 0.214. The second kappa shape index (κ2) is 5.39. The summed E-state index contributed by atoms with van der Waals surface area (Å²) in [5.74, 6) is 0.743. The van der Waals surface area contributed by atoms with Crippen LogP contribution in [0.5, 0.6) is 0 Å². The van der Waals surface area contributed by atoms with Crippen molar-refractivity contribution in [3.05, 3.63) is 34.4 Å². The molecule has 0 saturated carbocycles. The van der Waals surface area contributed by atoms with E-state index in [0.717, 1.165) is 26.1 Å². The van der Waals surface area contributed by atoms with Gasteiger partial charge in [0.1, 0.15) is 26.8 Å². The van der Waals surface area contributed by atoms with Gasteiger partial charge in [-0.15, -0.1) is 11.3 Å². The molecular formula is C14H11N5S2. The summed E-state index contributed by atoms with van der Waals surface area (Å²) >= 11 is 3.13. The number of aromatic nitrogens is 4. The number of nitrogens with zero attached hydrogens (tertiary/aromatic N) is 5. The molecule has 7 heteroatoms. The van der Waals surface area contributed by atoms with Crippen molar-refractivity contribution in [1.82, 2.24) is 19.9 Å². The van der Waals surface area contributed by atoms with Gasteiger partial charge in [0.15, 0.2) is 5.69 Å². The van der Waals surface area contributed by atoms with E-state index in [4.69, 9.17) is 5.26 Å². The minimum absolute atomic E-state index is 0.311. The number of thiophene rings is 1. The van der Waals surface area contributed by atoms with Gasteiger partial charge in [-0.05, 0) is 38.1 Å². The lowest BCUT2D eigenvalue weighted by Gasteiger charge is -2.04. The van der Waals surface area contributed by atoms with Crippen molar-refractivity contribution in [2.75, 3.05) is 0 Å². The Balaban J connectivity index is 2.09. The SMILES string of the molecule is Cc1nc(Sc2cnc(C#N)cn2)c2c(C)c(C)sc2n1. The topological polar surface area (TPSA) is 75.3 Å². The van der Waals surface area contributed by atoms with E-state index in [2.05, 4.69) is 33.8 Å². The fourth-order valence-electron chi connectivity index (χ4n) is 1.91. The van der Waals surface area contributed by atoms with Crippen LogP contribution >= 0.6 is 23.1 Å². The van der Waals surface area contributed by atoms with Crippen LogP contribution in [0.1, 0.15) is 22.0 Å². The summed E-state index contributed by atoms with van der Waals surface area (Å²) in [7, 11) is 0. The first-order chi connectivity index (χ1) is 10.1. The number of aryl methyl sites for hydroxylation is 3. The predicted octanol–water partition coefficient (Wildman–Crippen LogP) is 3.43. The van der Waals surface area contributed by atoms with Crippen molar-refractivity contribution in [1.29, 1.82) is 5.26 Å². The van der Waals surface area contributed by atoms with Gasteiger partial charge >= 0.3 is 0 Å². The van der Waals surface area contributed by atoms with E-state index in [1.807, 2.05) is 13.0 Å². The molecule has 0 spiro atoms. The molecule has 0 fully saturated rings. The van der Waals surface area contributed by atoms with Gasteiger partial charge in [0.25, 0.3) is 0 Å². The lowest BCUT2D eigenvalue weighted by molar-refractivity contribution is 0.996. The van der Waals surface area contributed by atoms with Crippen LogP contribution in [0.2, 0.25) is 0 Å². The molecule has 5 nitrogen and oxygen atoms in total. The highest BCUT2D eigenvalue weighted by Gasteiger charge is 2.15. The Morgan fingerprint density at radius 1 is 1.14 bits per heavy atom. The maximum Gasteiger partial charge on any atom is 0.158 e. The molecule has 0 unspecified atom stereocenters. The maximum atomic E-state index is 8.76. The van der Waals surface area contributed by atoms with Crippen molar-refractivity contribution in [3.63, 3.8) is 0 Å². The van der Waals surface area contributed by atoms with Crippen LogP contribution in [0.4, 0.5) is 0 Å². The Morgan fingerprint density at radius 2 is 1.95 bits per heavy atom. The minimum atomic E-state index is 0.311. The highest BCUT2D eigenvalue weighted by Crippen LogP contribution is 2.37. The van der Waals surface area contributed by atoms with Gasteiger partial charge in [-0.1, -0.05) is 0 Å². The molecular weight excluding hydrogens is 302 g/mol. The Bertz CT molecular complexity index is 862. The van der Waals surface area contributed by atoms with E-state index in [9.17, 15) is 0 Å². The lowest BCUT2D eigenvalue weighted by atomic mass is 10.2. The molecule has 0 aliphatic rings. The first-order valence-electron chi connectivity index (χ1n) is 6.23. The first-order valence-corrected chi connectivity index (χ1v) is 7.86. The van der Waals surface area contributed by atoms with Gasteiger partial charge in [-0.25, -0.2) is 19.9 Å². The van der Waals surface area contributed by atoms with Crippen LogP contribution in [0, 0.1) is 32.1 Å². The zero-order valence-corrected chi connectivity index (χ0v) is 13.3. The third kappa shape index (κ3) is 2.60. The molecule has 0 aliphatic heterocycles. The van der Waals surface area contributed by atoms with Gasteiger partial charge in [0.05, 0.1) is 12.4 Å². The van der Waals surface area contributed by atoms with Gasteiger partial charge in [-0.2, -0.15) is 5.26 Å². The summed E-state index contributed by atoms with van der Waals surface area (Å²) in [6.07, 6.45) is 3.07. The van der Waals surface area contributed by atoms with E-state index in [0.29, 0.717) is 5.69 Å². The molecule has 0 bridgehead atoms. The standard InChI is InChI=1S/C14H11N5S2/c1-7-8(2)20-13-12(7)14(19-9(3)18-13)21-11-6-16-10(4-15)5-17-11/h5-6H,1-3H3. The van der Waals surface area contributed by atoms with Crippen LogP contribution in [0.25, 0.3) is 10.2 Å². The number of fused-ring (bicyclic) bond motifs is 1. The van der Waals surface area contributed by atoms with E-state index in [-0.39, 0.29) is 0 Å². The molecule has 0 radical (unpaired) electrons. The highest BCUT2D eigenvalue weighted by atomic mass is 32.2. The first kappa shape index (κ1) is 13.9. The van der Waals surface area contributed by atoms with Crippen molar-refractivity contribution >= 4 is 33.3 Å². The van der Waals surface area contributed by atoms with Gasteiger partial charge in [0.2, 0.25) is 0 Å². The largest absolute Gasteiger partial charge is 0.245 e. The summed E-state index contributed by atoms with van der Waals surface area (Å²) < 4.78 is 0. The Labute approximate surface area is 130 Å². The third-order valence-electron chi connectivity index (χ3n) is 3.05. The Kier molecular flexibility index (Phi) is 3.57. The predicted molar refractivity (Wildman–Crippen MR) is 82.5 cm³/mol. The number of nitriles is 1. The second-order valence-corrected chi connectivity index (χ2v) is 6.71. The number of rotatable bonds is 2. The number of hydrogen-bond acceptors (Lipinski definition) is 7. The highest BCUT2D eigenvalue weighted by molar-refractivity contribution is 7.99. The van der Waals surface area contributed by atoms with Crippen LogP contribution in [0.15, 0.2) is 22.4 Å². The van der Waals surface area contributed by atoms with Gasteiger partial charge < -0.3 is 0 Å². The van der Waals surface area contributed by atoms with E-state index in [1.165, 1.54) is 28.4 Å². The van der Waals surface area contributed by atoms with Crippen LogP contribution in [-0.2, 0) is 0 Å². The summed E-state index contributed by atoms with van der Waals surface area (Å²) in [4.78, 5) is 19.6. The van der Waals surface area contributed by atoms with E-state index >= 15 is 0 Å². The average molecular weight is 313 g/mol. The molecule has 3 heterocycles. The Hall–Kier alpha value is -2.04. The summed E-state index contributed by atoms with van der Waals surface area (Å²) in [6.45, 7) is 6.06. The lowest BCUT2D eigenvalue weighted by Crippen LogP contribution is -1.93. The summed E-state index contributed by atoms with van der Waals surface area (Å²) in [5, 5.41) is 11.4. The summed E-state index contributed by atoms with van der Waals surface area (Å²) in [6, 6.07) is 1.96. The van der Waals surface area contributed by atoms with Crippen LogP contribution in [0.3, 0.4) is 0 Å². The van der Waals surface area contributed by atoms with Gasteiger partial charge in [0, 0.05) is 10.3 Å². The van der Waals surface area contributed by atoms with Crippen molar-refractivity contribution < 1.29 is 0 Å². The van der Waals surface area contributed by atoms with E-state index in [1.54, 1.807) is 17.5 Å². The molecule has 0 aliphatic carbocycles. The normalized spacial score (nSPS) is 10.8. The molecule has 104 valence electrons. The average Bonchev–Trinajstić information content (AvgIpc) is 2.74. The van der Waals surface area contributed by atoms with Crippen molar-refractivity contribution in [3.8, 4) is 6.07 Å². The quantitative estimate of drug-likeness (QED) is 0.675. The maximum absolute atomic E-state index is 8.76. The molecule has 0 aromatic carbocycles. The third-order valence-corrected chi connectivity index (χ3v) is 5.06. The van der Waals surface area contributed by atoms with Gasteiger partial charge in [-0.3, -0.25) is 0 Å².